The van der Waals surface area contributed by atoms with E-state index >= 15 is 0 Å². The van der Waals surface area contributed by atoms with Gasteiger partial charge in [-0.05, 0) is 25.5 Å². The molecule has 0 spiro atoms. The van der Waals surface area contributed by atoms with Crippen molar-refractivity contribution >= 4 is 34.6 Å². The second kappa shape index (κ2) is 9.78. The summed E-state index contributed by atoms with van der Waals surface area (Å²) in [4.78, 5) is 12.5. The third-order valence-corrected chi connectivity index (χ3v) is 4.64. The lowest BCUT2D eigenvalue weighted by Crippen LogP contribution is -2.16. The molecule has 1 aromatic heterocycles. The summed E-state index contributed by atoms with van der Waals surface area (Å²) in [6.07, 6.45) is 7.07. The average Bonchev–Trinajstić information content (AvgIpc) is 2.85. The first-order chi connectivity index (χ1) is 12.0. The number of aromatic amines is 1. The maximum atomic E-state index is 12.5. The lowest BCUT2D eigenvalue weighted by atomic mass is 10.1. The van der Waals surface area contributed by atoms with Crippen molar-refractivity contribution in [1.82, 2.24) is 9.78 Å². The van der Waals surface area contributed by atoms with Gasteiger partial charge >= 0.3 is 0 Å². The summed E-state index contributed by atoms with van der Waals surface area (Å²) in [5.41, 5.74) is 1.18. The molecule has 0 radical (unpaired) electrons. The molecule has 5 nitrogen and oxygen atoms in total. The molecule has 25 heavy (non-hydrogen) atoms. The van der Waals surface area contributed by atoms with Crippen molar-refractivity contribution in [2.24, 2.45) is 10.2 Å². The molecule has 1 aromatic carbocycles. The summed E-state index contributed by atoms with van der Waals surface area (Å²) in [6, 6.07) is 5.10. The Morgan fingerprint density at radius 3 is 2.28 bits per heavy atom. The standard InChI is InChI=1S/C18H24Cl2N4O/c1-3-4-5-6-7-8-12-24-18(25)16(13(2)23-24)21-22-17-14(19)10-9-11-15(17)20/h9-11,23H,3-8,12H2,1-2H3. The number of nitrogens with zero attached hydrogens (tertiary/aromatic N) is 3. The molecule has 0 aliphatic heterocycles. The summed E-state index contributed by atoms with van der Waals surface area (Å²) in [7, 11) is 0. The molecule has 1 N–H and O–H groups in total. The minimum absolute atomic E-state index is 0.169. The van der Waals surface area contributed by atoms with E-state index in [0.29, 0.717) is 33.7 Å². The molecule has 0 aliphatic carbocycles. The Morgan fingerprint density at radius 2 is 1.60 bits per heavy atom. The lowest BCUT2D eigenvalue weighted by molar-refractivity contribution is 0.516. The van der Waals surface area contributed by atoms with Gasteiger partial charge in [-0.25, -0.2) is 0 Å². The topological polar surface area (TPSA) is 62.5 Å². The number of azo groups is 1. The minimum atomic E-state index is -0.169. The molecule has 0 unspecified atom stereocenters. The third kappa shape index (κ3) is 5.44. The van der Waals surface area contributed by atoms with Crippen LogP contribution < -0.4 is 5.56 Å². The second-order valence-corrected chi connectivity index (χ2v) is 6.89. The monoisotopic (exact) mass is 382 g/mol. The molecule has 2 rings (SSSR count). The van der Waals surface area contributed by atoms with Crippen LogP contribution in [0, 0.1) is 6.92 Å². The van der Waals surface area contributed by atoms with Crippen molar-refractivity contribution < 1.29 is 0 Å². The highest BCUT2D eigenvalue weighted by Gasteiger charge is 2.11. The van der Waals surface area contributed by atoms with Crippen LogP contribution in [-0.4, -0.2) is 9.78 Å². The molecule has 7 heteroatoms. The number of hydrogen-bond acceptors (Lipinski definition) is 3. The van der Waals surface area contributed by atoms with Crippen LogP contribution in [0.1, 0.15) is 51.1 Å². The summed E-state index contributed by atoms with van der Waals surface area (Å²) in [6.45, 7) is 4.67. The maximum absolute atomic E-state index is 12.5. The summed E-state index contributed by atoms with van der Waals surface area (Å²) >= 11 is 12.1. The van der Waals surface area contributed by atoms with Crippen LogP contribution in [0.4, 0.5) is 11.4 Å². The Balaban J connectivity index is 2.04. The maximum Gasteiger partial charge on any atom is 0.294 e. The lowest BCUT2D eigenvalue weighted by Gasteiger charge is -2.01. The number of aryl methyl sites for hydroxylation is 2. The van der Waals surface area contributed by atoms with Gasteiger partial charge in [-0.1, -0.05) is 68.3 Å². The number of benzene rings is 1. The number of unbranched alkanes of at least 4 members (excludes halogenated alkanes) is 5. The normalized spacial score (nSPS) is 11.5. The molecule has 0 aliphatic rings. The number of aromatic nitrogens is 2. The van der Waals surface area contributed by atoms with Gasteiger partial charge < -0.3 is 0 Å². The molecule has 2 aromatic rings. The SMILES string of the molecule is CCCCCCCCn1[nH]c(C)c(N=Nc2c(Cl)cccc2Cl)c1=O. The van der Waals surface area contributed by atoms with Crippen molar-refractivity contribution in [3.8, 4) is 0 Å². The first-order valence-corrected chi connectivity index (χ1v) is 9.45. The van der Waals surface area contributed by atoms with Gasteiger partial charge in [0.05, 0.1) is 15.7 Å². The van der Waals surface area contributed by atoms with E-state index in [2.05, 4.69) is 22.3 Å². The van der Waals surface area contributed by atoms with Gasteiger partial charge in [-0.2, -0.15) is 0 Å². The number of nitrogens with one attached hydrogen (secondary N) is 1. The first kappa shape index (κ1) is 19.7. The van der Waals surface area contributed by atoms with Crippen LogP contribution in [-0.2, 0) is 6.54 Å². The van der Waals surface area contributed by atoms with Gasteiger partial charge in [0, 0.05) is 6.54 Å². The predicted octanol–water partition coefficient (Wildman–Crippen LogP) is 6.57. The van der Waals surface area contributed by atoms with E-state index < -0.39 is 0 Å². The van der Waals surface area contributed by atoms with Gasteiger partial charge in [0.25, 0.3) is 5.56 Å². The van der Waals surface area contributed by atoms with Crippen LogP contribution in [0.2, 0.25) is 10.0 Å². The molecular formula is C18H24Cl2N4O. The van der Waals surface area contributed by atoms with Crippen molar-refractivity contribution in [2.45, 2.75) is 58.9 Å². The van der Waals surface area contributed by atoms with Crippen molar-refractivity contribution in [2.75, 3.05) is 0 Å². The quantitative estimate of drug-likeness (QED) is 0.386. The third-order valence-electron chi connectivity index (χ3n) is 4.03. The van der Waals surface area contributed by atoms with Crippen molar-refractivity contribution in [3.63, 3.8) is 0 Å². The van der Waals surface area contributed by atoms with Crippen LogP contribution >= 0.6 is 23.2 Å². The summed E-state index contributed by atoms with van der Waals surface area (Å²) in [5, 5.41) is 12.0. The van der Waals surface area contributed by atoms with E-state index in [1.165, 1.54) is 25.7 Å². The van der Waals surface area contributed by atoms with E-state index in [1.807, 2.05) is 6.92 Å². The Labute approximate surface area is 158 Å². The molecule has 0 saturated carbocycles. The predicted molar refractivity (Wildman–Crippen MR) is 104 cm³/mol. The van der Waals surface area contributed by atoms with Gasteiger partial charge in [0.2, 0.25) is 0 Å². The van der Waals surface area contributed by atoms with Gasteiger partial charge in [0.1, 0.15) is 5.69 Å². The molecular weight excluding hydrogens is 359 g/mol. The zero-order chi connectivity index (χ0) is 18.2. The second-order valence-electron chi connectivity index (χ2n) is 6.08. The molecule has 136 valence electrons. The van der Waals surface area contributed by atoms with Crippen molar-refractivity contribution in [3.05, 3.63) is 44.3 Å². The highest BCUT2D eigenvalue weighted by molar-refractivity contribution is 6.38. The fraction of sp³-hybridized carbons (Fsp3) is 0.500. The van der Waals surface area contributed by atoms with E-state index in [9.17, 15) is 4.79 Å². The Kier molecular flexibility index (Phi) is 7.72. The zero-order valence-electron chi connectivity index (χ0n) is 14.7. The zero-order valence-corrected chi connectivity index (χ0v) is 16.2. The molecule has 0 saturated heterocycles. The molecule has 0 amide bonds. The first-order valence-electron chi connectivity index (χ1n) is 8.69. The number of H-pyrrole nitrogens is 1. The number of halogens is 2. The fourth-order valence-corrected chi connectivity index (χ4v) is 3.08. The smallest absolute Gasteiger partial charge is 0.294 e. The van der Waals surface area contributed by atoms with Crippen molar-refractivity contribution in [1.29, 1.82) is 0 Å². The fourth-order valence-electron chi connectivity index (χ4n) is 2.60. The van der Waals surface area contributed by atoms with Gasteiger partial charge in [-0.3, -0.25) is 14.6 Å². The molecule has 0 atom stereocenters. The Bertz CT molecular complexity index is 760. The van der Waals surface area contributed by atoms with E-state index in [4.69, 9.17) is 23.2 Å². The molecule has 0 bridgehead atoms. The minimum Gasteiger partial charge on any atom is -0.298 e. The van der Waals surface area contributed by atoms with E-state index in [-0.39, 0.29) is 5.56 Å². The van der Waals surface area contributed by atoms with Crippen LogP contribution in [0.3, 0.4) is 0 Å². The van der Waals surface area contributed by atoms with E-state index in [0.717, 1.165) is 12.8 Å². The van der Waals surface area contributed by atoms with E-state index in [1.54, 1.807) is 22.9 Å². The Morgan fingerprint density at radius 1 is 1.00 bits per heavy atom. The average molecular weight is 383 g/mol. The van der Waals surface area contributed by atoms with Crippen LogP contribution in [0.15, 0.2) is 33.2 Å². The van der Waals surface area contributed by atoms with Gasteiger partial charge in [0.15, 0.2) is 5.69 Å². The highest BCUT2D eigenvalue weighted by atomic mass is 35.5. The van der Waals surface area contributed by atoms with Crippen LogP contribution in [0.25, 0.3) is 0 Å². The van der Waals surface area contributed by atoms with Crippen LogP contribution in [0.5, 0.6) is 0 Å². The molecule has 1 heterocycles. The number of rotatable bonds is 9. The number of hydrogen-bond donors (Lipinski definition) is 1. The molecule has 0 fully saturated rings. The Hall–Kier alpha value is -1.59. The summed E-state index contributed by atoms with van der Waals surface area (Å²) in [5.74, 6) is 0. The summed E-state index contributed by atoms with van der Waals surface area (Å²) < 4.78 is 1.59. The highest BCUT2D eigenvalue weighted by Crippen LogP contribution is 2.33. The largest absolute Gasteiger partial charge is 0.298 e. The van der Waals surface area contributed by atoms with Gasteiger partial charge in [-0.15, -0.1) is 10.2 Å².